The summed E-state index contributed by atoms with van der Waals surface area (Å²) in [5, 5.41) is 9.49. The van der Waals surface area contributed by atoms with Gasteiger partial charge in [-0.15, -0.1) is 10.2 Å². The third kappa shape index (κ3) is 4.99. The van der Waals surface area contributed by atoms with E-state index in [4.69, 9.17) is 0 Å². The second-order valence-corrected chi connectivity index (χ2v) is 3.89. The van der Waals surface area contributed by atoms with Crippen molar-refractivity contribution in [2.45, 2.75) is 12.6 Å². The highest BCUT2D eigenvalue weighted by Gasteiger charge is 2.32. The van der Waals surface area contributed by atoms with E-state index >= 15 is 0 Å². The molecular formula is C10H15F3N4. The average Bonchev–Trinajstić information content (AvgIpc) is 2.23. The minimum Gasteiger partial charge on any atom is -0.369 e. The van der Waals surface area contributed by atoms with Gasteiger partial charge in [-0.1, -0.05) is 0 Å². The number of hydrogen-bond donors (Lipinski definition) is 1. The Morgan fingerprint density at radius 3 is 2.41 bits per heavy atom. The highest BCUT2D eigenvalue weighted by atomic mass is 19.4. The van der Waals surface area contributed by atoms with Crippen LogP contribution in [0.25, 0.3) is 0 Å². The topological polar surface area (TPSA) is 41.0 Å². The maximum atomic E-state index is 12.2. The normalized spacial score (nSPS) is 11.9. The van der Waals surface area contributed by atoms with Gasteiger partial charge in [0.1, 0.15) is 5.82 Å². The molecule has 0 fully saturated rings. The molecule has 0 aliphatic rings. The number of nitrogens with zero attached hydrogens (tertiary/aromatic N) is 3. The van der Waals surface area contributed by atoms with Crippen LogP contribution in [-0.4, -0.2) is 42.3 Å². The molecule has 0 atom stereocenters. The first-order chi connectivity index (χ1) is 7.89. The van der Waals surface area contributed by atoms with E-state index < -0.39 is 11.9 Å². The Kier molecular flexibility index (Phi) is 4.68. The Balaban J connectivity index is 2.41. The first-order valence-electron chi connectivity index (χ1n) is 5.19. The molecule has 0 aliphatic heterocycles. The van der Waals surface area contributed by atoms with E-state index in [1.54, 1.807) is 0 Å². The van der Waals surface area contributed by atoms with Crippen molar-refractivity contribution in [3.8, 4) is 0 Å². The van der Waals surface area contributed by atoms with E-state index in [1.165, 1.54) is 6.07 Å². The fraction of sp³-hybridized carbons (Fsp3) is 0.600. The van der Waals surface area contributed by atoms with Gasteiger partial charge in [-0.3, -0.25) is 0 Å². The maximum absolute atomic E-state index is 12.2. The van der Waals surface area contributed by atoms with Crippen LogP contribution in [0.3, 0.4) is 0 Å². The first kappa shape index (κ1) is 13.7. The van der Waals surface area contributed by atoms with Crippen LogP contribution < -0.4 is 5.32 Å². The fourth-order valence-electron chi connectivity index (χ4n) is 1.19. The van der Waals surface area contributed by atoms with Crippen molar-refractivity contribution < 1.29 is 13.2 Å². The molecule has 0 aliphatic carbocycles. The average molecular weight is 248 g/mol. The molecule has 7 heteroatoms. The molecule has 1 aromatic rings. The van der Waals surface area contributed by atoms with Crippen LogP contribution in [0.4, 0.5) is 19.0 Å². The number of rotatable bonds is 5. The lowest BCUT2D eigenvalue weighted by atomic mass is 10.3. The lowest BCUT2D eigenvalue weighted by Gasteiger charge is -2.10. The number of nitrogens with one attached hydrogen (secondary N) is 1. The van der Waals surface area contributed by atoms with Crippen molar-refractivity contribution in [3.63, 3.8) is 0 Å². The van der Waals surface area contributed by atoms with Crippen LogP contribution in [0.15, 0.2) is 12.1 Å². The van der Waals surface area contributed by atoms with Crippen LogP contribution in [0.2, 0.25) is 0 Å². The predicted molar refractivity (Wildman–Crippen MR) is 58.7 cm³/mol. The SMILES string of the molecule is CN(C)CCCNc1ccc(C(F)(F)F)nn1. The van der Waals surface area contributed by atoms with Gasteiger partial charge in [0.15, 0.2) is 5.69 Å². The van der Waals surface area contributed by atoms with Crippen LogP contribution in [0.1, 0.15) is 12.1 Å². The third-order valence-corrected chi connectivity index (χ3v) is 2.04. The van der Waals surface area contributed by atoms with E-state index in [0.717, 1.165) is 19.0 Å². The maximum Gasteiger partial charge on any atom is 0.435 e. The standard InChI is InChI=1S/C10H15F3N4/c1-17(2)7-3-6-14-9-5-4-8(15-16-9)10(11,12)13/h4-5H,3,6-7H2,1-2H3,(H,14,16). The summed E-state index contributed by atoms with van der Waals surface area (Å²) in [6.45, 7) is 1.55. The molecule has 17 heavy (non-hydrogen) atoms. The number of anilines is 1. The van der Waals surface area contributed by atoms with Gasteiger partial charge in [0.25, 0.3) is 0 Å². The lowest BCUT2D eigenvalue weighted by Crippen LogP contribution is -2.17. The minimum absolute atomic E-state index is 0.358. The van der Waals surface area contributed by atoms with Gasteiger partial charge < -0.3 is 10.2 Å². The largest absolute Gasteiger partial charge is 0.435 e. The minimum atomic E-state index is -4.43. The van der Waals surface area contributed by atoms with Crippen molar-refractivity contribution in [2.24, 2.45) is 0 Å². The second kappa shape index (κ2) is 5.81. The molecule has 1 heterocycles. The van der Waals surface area contributed by atoms with Gasteiger partial charge in [-0.2, -0.15) is 13.2 Å². The fourth-order valence-corrected chi connectivity index (χ4v) is 1.19. The zero-order valence-electron chi connectivity index (χ0n) is 9.75. The number of hydrogen-bond acceptors (Lipinski definition) is 4. The second-order valence-electron chi connectivity index (χ2n) is 3.89. The molecule has 0 aromatic carbocycles. The molecular weight excluding hydrogens is 233 g/mol. The molecule has 0 radical (unpaired) electrons. The molecule has 0 unspecified atom stereocenters. The summed E-state index contributed by atoms with van der Waals surface area (Å²) in [4.78, 5) is 2.03. The van der Waals surface area contributed by atoms with Gasteiger partial charge in [-0.05, 0) is 39.2 Å². The molecule has 0 spiro atoms. The Labute approximate surface area is 97.8 Å². The first-order valence-corrected chi connectivity index (χ1v) is 5.19. The van der Waals surface area contributed by atoms with Gasteiger partial charge >= 0.3 is 6.18 Å². The summed E-state index contributed by atoms with van der Waals surface area (Å²) >= 11 is 0. The molecule has 96 valence electrons. The number of aromatic nitrogens is 2. The Morgan fingerprint density at radius 1 is 1.24 bits per heavy atom. The van der Waals surface area contributed by atoms with Crippen molar-refractivity contribution in [2.75, 3.05) is 32.5 Å². The number of alkyl halides is 3. The van der Waals surface area contributed by atoms with Crippen molar-refractivity contribution in [1.82, 2.24) is 15.1 Å². The molecule has 0 bridgehead atoms. The van der Waals surface area contributed by atoms with Crippen LogP contribution in [-0.2, 0) is 6.18 Å². The van der Waals surface area contributed by atoms with Crippen LogP contribution in [0, 0.1) is 0 Å². The molecule has 0 saturated carbocycles. The smallest absolute Gasteiger partial charge is 0.369 e. The Hall–Kier alpha value is -1.37. The van der Waals surface area contributed by atoms with E-state index in [1.807, 2.05) is 19.0 Å². The molecule has 1 rings (SSSR count). The summed E-state index contributed by atoms with van der Waals surface area (Å²) in [7, 11) is 3.91. The van der Waals surface area contributed by atoms with E-state index in [-0.39, 0.29) is 0 Å². The summed E-state index contributed by atoms with van der Waals surface area (Å²) < 4.78 is 36.6. The molecule has 0 amide bonds. The summed E-state index contributed by atoms with van der Waals surface area (Å²) in [5.41, 5.74) is -0.976. The van der Waals surface area contributed by atoms with E-state index in [0.29, 0.717) is 12.4 Å². The van der Waals surface area contributed by atoms with Gasteiger partial charge in [-0.25, -0.2) is 0 Å². The molecule has 4 nitrogen and oxygen atoms in total. The quantitative estimate of drug-likeness (QED) is 0.807. The van der Waals surface area contributed by atoms with Crippen molar-refractivity contribution in [1.29, 1.82) is 0 Å². The van der Waals surface area contributed by atoms with E-state index in [9.17, 15) is 13.2 Å². The highest BCUT2D eigenvalue weighted by molar-refractivity contribution is 5.33. The van der Waals surface area contributed by atoms with Crippen molar-refractivity contribution in [3.05, 3.63) is 17.8 Å². The summed E-state index contributed by atoms with van der Waals surface area (Å²) in [6, 6.07) is 2.20. The molecule has 1 aromatic heterocycles. The van der Waals surface area contributed by atoms with Gasteiger partial charge in [0.2, 0.25) is 0 Å². The van der Waals surface area contributed by atoms with Crippen LogP contribution in [0.5, 0.6) is 0 Å². The Morgan fingerprint density at radius 2 is 1.94 bits per heavy atom. The Bertz CT molecular complexity index is 334. The lowest BCUT2D eigenvalue weighted by molar-refractivity contribution is -0.141. The molecule has 0 saturated heterocycles. The zero-order valence-corrected chi connectivity index (χ0v) is 9.75. The predicted octanol–water partition coefficient (Wildman–Crippen LogP) is 1.86. The van der Waals surface area contributed by atoms with Gasteiger partial charge in [0, 0.05) is 6.54 Å². The molecule has 1 N–H and O–H groups in total. The van der Waals surface area contributed by atoms with Crippen molar-refractivity contribution >= 4 is 5.82 Å². The monoisotopic (exact) mass is 248 g/mol. The summed E-state index contributed by atoms with van der Waals surface area (Å²) in [5.74, 6) is 0.358. The zero-order chi connectivity index (χ0) is 12.9. The van der Waals surface area contributed by atoms with Crippen LogP contribution >= 0.6 is 0 Å². The third-order valence-electron chi connectivity index (χ3n) is 2.04. The summed E-state index contributed by atoms with van der Waals surface area (Å²) in [6.07, 6.45) is -3.55. The highest BCUT2D eigenvalue weighted by Crippen LogP contribution is 2.26. The number of halogens is 3. The van der Waals surface area contributed by atoms with Gasteiger partial charge in [0.05, 0.1) is 0 Å². The van der Waals surface area contributed by atoms with E-state index in [2.05, 4.69) is 15.5 Å².